The molecule has 0 aromatic heterocycles. The van der Waals surface area contributed by atoms with Crippen LogP contribution in [0.3, 0.4) is 0 Å². The molecule has 1 rings (SSSR count). The fourth-order valence-electron chi connectivity index (χ4n) is 1.72. The van der Waals surface area contributed by atoms with Crippen LogP contribution in [0.4, 0.5) is 0 Å². The summed E-state index contributed by atoms with van der Waals surface area (Å²) in [6.45, 7) is 0.0332. The summed E-state index contributed by atoms with van der Waals surface area (Å²) in [6.07, 6.45) is 3.33. The Labute approximate surface area is 104 Å². The minimum absolute atomic E-state index is 0.0332. The molecule has 94 valence electrons. The Balaban J connectivity index is 2.44. The molecule has 16 heavy (non-hydrogen) atoms. The van der Waals surface area contributed by atoms with Crippen LogP contribution in [0.15, 0.2) is 0 Å². The summed E-state index contributed by atoms with van der Waals surface area (Å²) in [6, 6.07) is 0. The first-order valence-corrected chi connectivity index (χ1v) is 7.64. The smallest absolute Gasteiger partial charge is 0.320 e. The van der Waals surface area contributed by atoms with Gasteiger partial charge in [-0.1, -0.05) is 28.8 Å². The molecule has 5 nitrogen and oxygen atoms in total. The van der Waals surface area contributed by atoms with Crippen LogP contribution in [0.25, 0.3) is 0 Å². The van der Waals surface area contributed by atoms with E-state index in [2.05, 4.69) is 25.4 Å². The van der Waals surface area contributed by atoms with Crippen LogP contribution in [-0.2, 0) is 19.6 Å². The Hall–Kier alpha value is -0.140. The Morgan fingerprint density at radius 1 is 1.50 bits per heavy atom. The summed E-state index contributed by atoms with van der Waals surface area (Å²) in [5.41, 5.74) is 0. The van der Waals surface area contributed by atoms with E-state index in [1.807, 2.05) is 0 Å². The van der Waals surface area contributed by atoms with E-state index in [4.69, 9.17) is 0 Å². The molecule has 1 unspecified atom stereocenters. The van der Waals surface area contributed by atoms with Gasteiger partial charge in [-0.05, 0) is 12.8 Å². The number of carbonyl (C=O) groups is 1. The SMILES string of the molecule is COC(=O)C(Br)CNS(=O)(=O)C1CCCC1. The fourth-order valence-corrected chi connectivity index (χ4v) is 3.87. The van der Waals surface area contributed by atoms with Crippen LogP contribution >= 0.6 is 15.9 Å². The summed E-state index contributed by atoms with van der Waals surface area (Å²) in [7, 11) is -2.02. The normalized spacial score (nSPS) is 19.6. The van der Waals surface area contributed by atoms with E-state index in [9.17, 15) is 13.2 Å². The van der Waals surface area contributed by atoms with Crippen molar-refractivity contribution in [2.24, 2.45) is 0 Å². The number of hydrogen-bond acceptors (Lipinski definition) is 4. The maximum atomic E-state index is 11.8. The molecule has 0 heterocycles. The fraction of sp³-hybridized carbons (Fsp3) is 0.889. The summed E-state index contributed by atoms with van der Waals surface area (Å²) in [5.74, 6) is -0.478. The average molecular weight is 314 g/mol. The van der Waals surface area contributed by atoms with Gasteiger partial charge in [0.1, 0.15) is 4.83 Å². The molecular formula is C9H16BrNO4S. The maximum Gasteiger partial charge on any atom is 0.320 e. The zero-order valence-corrected chi connectivity index (χ0v) is 11.5. The van der Waals surface area contributed by atoms with Gasteiger partial charge >= 0.3 is 5.97 Å². The van der Waals surface area contributed by atoms with Crippen molar-refractivity contribution < 1.29 is 17.9 Å². The van der Waals surface area contributed by atoms with Crippen LogP contribution in [0.5, 0.6) is 0 Å². The molecular weight excluding hydrogens is 298 g/mol. The quantitative estimate of drug-likeness (QED) is 0.601. The van der Waals surface area contributed by atoms with Crippen molar-refractivity contribution in [3.8, 4) is 0 Å². The van der Waals surface area contributed by atoms with Crippen LogP contribution in [0.1, 0.15) is 25.7 Å². The summed E-state index contributed by atoms with van der Waals surface area (Å²) in [5, 5.41) is -0.301. The molecule has 0 amide bonds. The Kier molecular flexibility index (Phi) is 5.20. The molecule has 0 aromatic carbocycles. The molecule has 0 spiro atoms. The van der Waals surface area contributed by atoms with Crippen LogP contribution in [0, 0.1) is 0 Å². The second-order valence-corrected chi connectivity index (χ2v) is 6.94. The van der Waals surface area contributed by atoms with Gasteiger partial charge in [0.05, 0.1) is 12.4 Å². The van der Waals surface area contributed by atoms with E-state index in [1.165, 1.54) is 7.11 Å². The van der Waals surface area contributed by atoms with E-state index >= 15 is 0 Å². The lowest BCUT2D eigenvalue weighted by molar-refractivity contribution is -0.139. The largest absolute Gasteiger partial charge is 0.468 e. The summed E-state index contributed by atoms with van der Waals surface area (Å²) < 4.78 is 30.5. The van der Waals surface area contributed by atoms with E-state index in [1.54, 1.807) is 0 Å². The van der Waals surface area contributed by atoms with E-state index in [0.29, 0.717) is 12.8 Å². The molecule has 1 aliphatic carbocycles. The lowest BCUT2D eigenvalue weighted by Crippen LogP contribution is -2.38. The van der Waals surface area contributed by atoms with Crippen molar-refractivity contribution in [1.82, 2.24) is 4.72 Å². The van der Waals surface area contributed by atoms with Crippen molar-refractivity contribution in [1.29, 1.82) is 0 Å². The lowest BCUT2D eigenvalue weighted by Gasteiger charge is -2.13. The van der Waals surface area contributed by atoms with Gasteiger partial charge in [0, 0.05) is 6.54 Å². The first-order valence-electron chi connectivity index (χ1n) is 5.17. The van der Waals surface area contributed by atoms with Gasteiger partial charge in [-0.15, -0.1) is 0 Å². The standard InChI is InChI=1S/C9H16BrNO4S/c1-15-9(12)8(10)6-11-16(13,14)7-4-2-3-5-7/h7-8,11H,2-6H2,1H3. The number of esters is 1. The third-order valence-electron chi connectivity index (χ3n) is 2.66. The molecule has 0 saturated heterocycles. The van der Waals surface area contributed by atoms with Gasteiger partial charge in [-0.3, -0.25) is 4.79 Å². The Bertz CT molecular complexity index is 337. The van der Waals surface area contributed by atoms with Crippen LogP contribution in [0.2, 0.25) is 0 Å². The first kappa shape index (κ1) is 13.9. The van der Waals surface area contributed by atoms with Crippen molar-refractivity contribution in [2.45, 2.75) is 35.8 Å². The second kappa shape index (κ2) is 5.97. The molecule has 1 saturated carbocycles. The number of halogens is 1. The van der Waals surface area contributed by atoms with Crippen molar-refractivity contribution in [3.05, 3.63) is 0 Å². The third-order valence-corrected chi connectivity index (χ3v) is 5.28. The highest BCUT2D eigenvalue weighted by Crippen LogP contribution is 2.23. The number of sulfonamides is 1. The van der Waals surface area contributed by atoms with Gasteiger partial charge in [-0.2, -0.15) is 0 Å². The Morgan fingerprint density at radius 2 is 2.06 bits per heavy atom. The molecule has 1 fully saturated rings. The van der Waals surface area contributed by atoms with Crippen molar-refractivity contribution in [3.63, 3.8) is 0 Å². The molecule has 1 aliphatic rings. The second-order valence-electron chi connectivity index (χ2n) is 3.79. The number of nitrogens with one attached hydrogen (secondary N) is 1. The van der Waals surface area contributed by atoms with Gasteiger partial charge in [0.15, 0.2) is 0 Å². The molecule has 0 bridgehead atoms. The highest BCUT2D eigenvalue weighted by Gasteiger charge is 2.29. The van der Waals surface area contributed by atoms with Gasteiger partial charge in [0.25, 0.3) is 0 Å². The molecule has 7 heteroatoms. The van der Waals surface area contributed by atoms with Crippen LogP contribution in [-0.4, -0.2) is 38.1 Å². The number of hydrogen-bond donors (Lipinski definition) is 1. The lowest BCUT2D eigenvalue weighted by atomic mass is 10.4. The van der Waals surface area contributed by atoms with Gasteiger partial charge < -0.3 is 4.74 Å². The first-order chi connectivity index (χ1) is 7.47. The van der Waals surface area contributed by atoms with Crippen molar-refractivity contribution >= 4 is 31.9 Å². The predicted octanol–water partition coefficient (Wildman–Crippen LogP) is 0.785. The predicted molar refractivity (Wildman–Crippen MR) is 63.9 cm³/mol. The van der Waals surface area contributed by atoms with Crippen LogP contribution < -0.4 is 4.72 Å². The molecule has 1 N–H and O–H groups in total. The maximum absolute atomic E-state index is 11.8. The minimum Gasteiger partial charge on any atom is -0.468 e. The highest BCUT2D eigenvalue weighted by atomic mass is 79.9. The third kappa shape index (κ3) is 3.71. The number of ether oxygens (including phenoxy) is 1. The highest BCUT2D eigenvalue weighted by molar-refractivity contribution is 9.10. The minimum atomic E-state index is -3.28. The Morgan fingerprint density at radius 3 is 2.56 bits per heavy atom. The summed E-state index contributed by atoms with van der Waals surface area (Å²) >= 11 is 3.06. The van der Waals surface area contributed by atoms with Crippen molar-refractivity contribution in [2.75, 3.05) is 13.7 Å². The van der Waals surface area contributed by atoms with Gasteiger partial charge in [0.2, 0.25) is 10.0 Å². The average Bonchev–Trinajstić information content (AvgIpc) is 2.78. The van der Waals surface area contributed by atoms with E-state index in [-0.39, 0.29) is 11.8 Å². The molecule has 0 radical (unpaired) electrons. The van der Waals surface area contributed by atoms with Gasteiger partial charge in [-0.25, -0.2) is 13.1 Å². The number of carbonyl (C=O) groups excluding carboxylic acids is 1. The van der Waals surface area contributed by atoms with E-state index in [0.717, 1.165) is 12.8 Å². The van der Waals surface area contributed by atoms with E-state index < -0.39 is 20.8 Å². The molecule has 1 atom stereocenters. The molecule has 0 aromatic rings. The monoisotopic (exact) mass is 313 g/mol. The number of rotatable bonds is 5. The number of methoxy groups -OCH3 is 1. The summed E-state index contributed by atoms with van der Waals surface area (Å²) in [4.78, 5) is 10.4. The zero-order chi connectivity index (χ0) is 12.2. The zero-order valence-electron chi connectivity index (χ0n) is 9.11. The molecule has 0 aliphatic heterocycles. The topological polar surface area (TPSA) is 72.5 Å². The number of alkyl halides is 1.